The van der Waals surface area contributed by atoms with E-state index in [9.17, 15) is 9.59 Å². The Morgan fingerprint density at radius 1 is 1.36 bits per heavy atom. The normalized spacial score (nSPS) is 28.1. The minimum Gasteiger partial charge on any atom is -0.365 e. The van der Waals surface area contributed by atoms with Gasteiger partial charge in [-0.3, -0.25) is 14.3 Å². The molecule has 3 atom stereocenters. The average molecular weight is 306 g/mol. The molecule has 22 heavy (non-hydrogen) atoms. The van der Waals surface area contributed by atoms with Gasteiger partial charge in [0.15, 0.2) is 5.82 Å². The van der Waals surface area contributed by atoms with Crippen molar-refractivity contribution in [1.29, 1.82) is 0 Å². The minimum absolute atomic E-state index is 0.0982. The molecule has 1 aromatic heterocycles. The molecular formula is C15H22N4O3. The van der Waals surface area contributed by atoms with E-state index in [4.69, 9.17) is 4.74 Å². The molecule has 7 nitrogen and oxygen atoms in total. The molecule has 3 rings (SSSR count). The van der Waals surface area contributed by atoms with Crippen LogP contribution in [0.15, 0.2) is 12.3 Å². The van der Waals surface area contributed by atoms with Crippen molar-refractivity contribution in [3.8, 4) is 0 Å². The molecule has 2 fully saturated rings. The van der Waals surface area contributed by atoms with E-state index >= 15 is 0 Å². The van der Waals surface area contributed by atoms with E-state index in [1.54, 1.807) is 6.07 Å². The van der Waals surface area contributed by atoms with Crippen LogP contribution in [0.1, 0.15) is 39.2 Å². The van der Waals surface area contributed by atoms with Crippen molar-refractivity contribution in [2.24, 2.45) is 0 Å². The maximum atomic E-state index is 12.4. The molecule has 0 spiro atoms. The Morgan fingerprint density at radius 2 is 2.18 bits per heavy atom. The lowest BCUT2D eigenvalue weighted by Crippen LogP contribution is -2.37. The Kier molecular flexibility index (Phi) is 4.15. The maximum absolute atomic E-state index is 12.4. The quantitative estimate of drug-likeness (QED) is 0.910. The molecule has 0 bridgehead atoms. The minimum atomic E-state index is -0.277. The Bertz CT molecular complexity index is 571. The van der Waals surface area contributed by atoms with E-state index in [-0.39, 0.29) is 30.1 Å². The number of amides is 2. The molecule has 0 saturated carbocycles. The Balaban J connectivity index is 1.58. The van der Waals surface area contributed by atoms with Gasteiger partial charge in [-0.2, -0.15) is 5.10 Å². The van der Waals surface area contributed by atoms with Crippen molar-refractivity contribution in [2.45, 2.75) is 51.4 Å². The summed E-state index contributed by atoms with van der Waals surface area (Å²) in [5.74, 6) is 0.507. The van der Waals surface area contributed by atoms with Gasteiger partial charge in [0, 0.05) is 32.3 Å². The molecule has 3 heterocycles. The number of carbonyl (C=O) groups is 2. The fraction of sp³-hybridized carbons (Fsp3) is 0.667. The summed E-state index contributed by atoms with van der Waals surface area (Å²) in [5.41, 5.74) is 0. The highest BCUT2D eigenvalue weighted by Gasteiger charge is 2.35. The third-order valence-corrected chi connectivity index (χ3v) is 4.27. The standard InChI is InChI=1S/C15H22N4O3/c1-10-3-4-13(22-10)15(21)18-7-5-12(9-18)19-8-6-14(17-19)16-11(2)20/h6,8,10,12-13H,3-5,7,9H2,1-2H3,(H,16,17,20)/t10-,12-,13-/m1/s1. The van der Waals surface area contributed by atoms with Crippen molar-refractivity contribution in [3.63, 3.8) is 0 Å². The molecule has 2 aliphatic rings. The molecule has 120 valence electrons. The number of rotatable bonds is 3. The van der Waals surface area contributed by atoms with Gasteiger partial charge < -0.3 is 15.0 Å². The van der Waals surface area contributed by atoms with Crippen LogP contribution in [0.25, 0.3) is 0 Å². The second-order valence-corrected chi connectivity index (χ2v) is 6.10. The van der Waals surface area contributed by atoms with E-state index < -0.39 is 0 Å². The van der Waals surface area contributed by atoms with Crippen LogP contribution in [0, 0.1) is 0 Å². The second-order valence-electron chi connectivity index (χ2n) is 6.10. The summed E-state index contributed by atoms with van der Waals surface area (Å²) in [7, 11) is 0. The number of ether oxygens (including phenoxy) is 1. The van der Waals surface area contributed by atoms with Gasteiger partial charge >= 0.3 is 0 Å². The van der Waals surface area contributed by atoms with E-state index in [0.29, 0.717) is 12.4 Å². The molecule has 1 aromatic rings. The summed E-state index contributed by atoms with van der Waals surface area (Å²) >= 11 is 0. The van der Waals surface area contributed by atoms with E-state index in [1.807, 2.05) is 22.7 Å². The number of carbonyl (C=O) groups excluding carboxylic acids is 2. The lowest BCUT2D eigenvalue weighted by atomic mass is 10.2. The number of hydrogen-bond donors (Lipinski definition) is 1. The third kappa shape index (κ3) is 3.14. The first-order valence-corrected chi connectivity index (χ1v) is 7.80. The van der Waals surface area contributed by atoms with Crippen LogP contribution in [-0.2, 0) is 14.3 Å². The Morgan fingerprint density at radius 3 is 2.86 bits per heavy atom. The zero-order valence-electron chi connectivity index (χ0n) is 13.0. The van der Waals surface area contributed by atoms with E-state index in [1.165, 1.54) is 6.92 Å². The monoisotopic (exact) mass is 306 g/mol. The number of aromatic nitrogens is 2. The lowest BCUT2D eigenvalue weighted by Gasteiger charge is -2.20. The summed E-state index contributed by atoms with van der Waals surface area (Å²) in [6.07, 6.45) is 4.38. The van der Waals surface area contributed by atoms with Crippen LogP contribution >= 0.6 is 0 Å². The summed E-state index contributed by atoms with van der Waals surface area (Å²) in [6.45, 7) is 4.84. The topological polar surface area (TPSA) is 76.5 Å². The molecule has 2 saturated heterocycles. The van der Waals surface area contributed by atoms with Gasteiger partial charge in [-0.05, 0) is 26.2 Å². The average Bonchev–Trinajstić information content (AvgIpc) is 3.16. The van der Waals surface area contributed by atoms with Gasteiger partial charge in [-0.25, -0.2) is 0 Å². The van der Waals surface area contributed by atoms with Crippen LogP contribution in [0.4, 0.5) is 5.82 Å². The summed E-state index contributed by atoms with van der Waals surface area (Å²) < 4.78 is 7.49. The van der Waals surface area contributed by atoms with Gasteiger partial charge in [0.25, 0.3) is 5.91 Å². The molecule has 2 aliphatic heterocycles. The van der Waals surface area contributed by atoms with Crippen molar-refractivity contribution < 1.29 is 14.3 Å². The SMILES string of the molecule is CC(=O)Nc1ccn([C@@H]2CCN(C(=O)[C@H]3CC[C@@H](C)O3)C2)n1. The molecule has 7 heteroatoms. The van der Waals surface area contributed by atoms with Gasteiger partial charge in [0.1, 0.15) is 6.10 Å². The first-order chi connectivity index (χ1) is 10.5. The Hall–Kier alpha value is -1.89. The number of likely N-dealkylation sites (tertiary alicyclic amines) is 1. The van der Waals surface area contributed by atoms with Crippen LogP contribution in [0.5, 0.6) is 0 Å². The number of anilines is 1. The predicted molar refractivity (Wildman–Crippen MR) is 80.3 cm³/mol. The number of nitrogens with one attached hydrogen (secondary N) is 1. The summed E-state index contributed by atoms with van der Waals surface area (Å²) in [6, 6.07) is 1.93. The number of nitrogens with zero attached hydrogens (tertiary/aromatic N) is 3. The molecular weight excluding hydrogens is 284 g/mol. The molecule has 0 aromatic carbocycles. The van der Waals surface area contributed by atoms with Crippen molar-refractivity contribution in [3.05, 3.63) is 12.3 Å². The highest BCUT2D eigenvalue weighted by Crippen LogP contribution is 2.26. The highest BCUT2D eigenvalue weighted by atomic mass is 16.5. The third-order valence-electron chi connectivity index (χ3n) is 4.27. The van der Waals surface area contributed by atoms with Crippen molar-refractivity contribution >= 4 is 17.6 Å². The molecule has 1 N–H and O–H groups in total. The summed E-state index contributed by atoms with van der Waals surface area (Å²) in [4.78, 5) is 25.3. The molecule has 0 unspecified atom stereocenters. The highest BCUT2D eigenvalue weighted by molar-refractivity contribution is 5.87. The Labute approximate surface area is 129 Å². The van der Waals surface area contributed by atoms with Crippen molar-refractivity contribution in [1.82, 2.24) is 14.7 Å². The zero-order chi connectivity index (χ0) is 15.7. The van der Waals surface area contributed by atoms with E-state index in [2.05, 4.69) is 10.4 Å². The molecule has 0 aliphatic carbocycles. The molecule has 2 amide bonds. The fourth-order valence-corrected chi connectivity index (χ4v) is 3.13. The van der Waals surface area contributed by atoms with Crippen LogP contribution in [0.3, 0.4) is 0 Å². The van der Waals surface area contributed by atoms with Gasteiger partial charge in [0.05, 0.1) is 12.1 Å². The van der Waals surface area contributed by atoms with Gasteiger partial charge in [-0.15, -0.1) is 0 Å². The van der Waals surface area contributed by atoms with Crippen LogP contribution in [-0.4, -0.2) is 51.8 Å². The number of hydrogen-bond acceptors (Lipinski definition) is 4. The lowest BCUT2D eigenvalue weighted by molar-refractivity contribution is -0.141. The predicted octanol–water partition coefficient (Wildman–Crippen LogP) is 1.18. The largest absolute Gasteiger partial charge is 0.365 e. The van der Waals surface area contributed by atoms with Crippen LogP contribution in [0.2, 0.25) is 0 Å². The first-order valence-electron chi connectivity index (χ1n) is 7.80. The summed E-state index contributed by atoms with van der Waals surface area (Å²) in [5, 5.41) is 7.01. The van der Waals surface area contributed by atoms with E-state index in [0.717, 1.165) is 25.8 Å². The second kappa shape index (κ2) is 6.08. The fourth-order valence-electron chi connectivity index (χ4n) is 3.13. The zero-order valence-corrected chi connectivity index (χ0v) is 13.0. The smallest absolute Gasteiger partial charge is 0.251 e. The van der Waals surface area contributed by atoms with Crippen molar-refractivity contribution in [2.75, 3.05) is 18.4 Å². The van der Waals surface area contributed by atoms with Gasteiger partial charge in [-0.1, -0.05) is 0 Å². The van der Waals surface area contributed by atoms with Gasteiger partial charge in [0.2, 0.25) is 5.91 Å². The molecule has 0 radical (unpaired) electrons. The van der Waals surface area contributed by atoms with Crippen LogP contribution < -0.4 is 5.32 Å². The first kappa shape index (κ1) is 15.0. The maximum Gasteiger partial charge on any atom is 0.251 e.